The van der Waals surface area contributed by atoms with Crippen molar-refractivity contribution < 1.29 is 14.9 Å². The summed E-state index contributed by atoms with van der Waals surface area (Å²) in [6.07, 6.45) is 11.2. The number of unbranched alkanes of at least 4 members (excludes halogenated alkanes) is 5. The summed E-state index contributed by atoms with van der Waals surface area (Å²) >= 11 is 0. The van der Waals surface area contributed by atoms with Crippen molar-refractivity contribution in [1.82, 2.24) is 0 Å². The van der Waals surface area contributed by atoms with Crippen molar-refractivity contribution in [3.63, 3.8) is 0 Å². The van der Waals surface area contributed by atoms with Gasteiger partial charge in [-0.3, -0.25) is 0 Å². The monoisotopic (exact) mass is 230 g/mol. The number of aliphatic hydroxyl groups excluding tert-OH is 2. The Morgan fingerprint density at radius 1 is 1.00 bits per heavy atom. The number of rotatable bonds is 11. The van der Waals surface area contributed by atoms with Crippen molar-refractivity contribution in [2.24, 2.45) is 0 Å². The summed E-state index contributed by atoms with van der Waals surface area (Å²) in [6, 6.07) is 0. The summed E-state index contributed by atoms with van der Waals surface area (Å²) in [5, 5.41) is 17.5. The maximum atomic E-state index is 8.74. The maximum absolute atomic E-state index is 8.74. The fourth-order valence-electron chi connectivity index (χ4n) is 1.41. The van der Waals surface area contributed by atoms with Crippen LogP contribution in [0, 0.1) is 0 Å². The Labute approximate surface area is 99.1 Å². The van der Waals surface area contributed by atoms with E-state index in [0.717, 1.165) is 6.42 Å². The molecule has 0 aliphatic heterocycles. The Kier molecular flexibility index (Phi) is 12.4. The van der Waals surface area contributed by atoms with E-state index < -0.39 is 6.10 Å². The molecule has 0 unspecified atom stereocenters. The molecular formula is C13H26O3. The van der Waals surface area contributed by atoms with E-state index in [9.17, 15) is 0 Å². The molecule has 0 spiro atoms. The van der Waals surface area contributed by atoms with E-state index in [1.54, 1.807) is 0 Å². The van der Waals surface area contributed by atoms with Crippen LogP contribution in [-0.4, -0.2) is 36.1 Å². The van der Waals surface area contributed by atoms with Gasteiger partial charge in [0.05, 0.1) is 19.8 Å². The highest BCUT2D eigenvalue weighted by atomic mass is 16.5. The molecule has 0 aliphatic carbocycles. The highest BCUT2D eigenvalue weighted by Gasteiger charge is 2.02. The molecule has 0 saturated carbocycles. The standard InChI is InChI=1S/C13H26O3/c1-2-3-4-5-6-7-8-9-10-16-13(11-14)12-15/h8-9,13-15H,2-7,10-12H2,1H3/b9-8+. The zero-order valence-electron chi connectivity index (χ0n) is 10.4. The normalized spacial score (nSPS) is 11.8. The first-order valence-corrected chi connectivity index (χ1v) is 6.33. The van der Waals surface area contributed by atoms with Gasteiger partial charge < -0.3 is 14.9 Å². The molecule has 0 amide bonds. The van der Waals surface area contributed by atoms with Crippen LogP contribution in [0.1, 0.15) is 45.4 Å². The molecule has 3 nitrogen and oxygen atoms in total. The Morgan fingerprint density at radius 3 is 2.31 bits per heavy atom. The van der Waals surface area contributed by atoms with Crippen LogP contribution >= 0.6 is 0 Å². The molecule has 0 aromatic carbocycles. The zero-order chi connectivity index (χ0) is 12.1. The molecule has 3 heteroatoms. The summed E-state index contributed by atoms with van der Waals surface area (Å²) in [6.45, 7) is 2.44. The third kappa shape index (κ3) is 10.1. The second-order valence-corrected chi connectivity index (χ2v) is 3.99. The molecule has 0 heterocycles. The number of hydrogen-bond acceptors (Lipinski definition) is 3. The predicted molar refractivity (Wildman–Crippen MR) is 66.4 cm³/mol. The minimum absolute atomic E-state index is 0.124. The third-order valence-electron chi connectivity index (χ3n) is 2.48. The third-order valence-corrected chi connectivity index (χ3v) is 2.48. The Balaban J connectivity index is 3.21. The maximum Gasteiger partial charge on any atom is 0.104 e. The van der Waals surface area contributed by atoms with Gasteiger partial charge in [0.15, 0.2) is 0 Å². The van der Waals surface area contributed by atoms with Gasteiger partial charge in [0.1, 0.15) is 6.10 Å². The van der Waals surface area contributed by atoms with Crippen molar-refractivity contribution >= 4 is 0 Å². The van der Waals surface area contributed by atoms with Crippen LogP contribution in [-0.2, 0) is 4.74 Å². The van der Waals surface area contributed by atoms with Gasteiger partial charge in [-0.25, -0.2) is 0 Å². The first kappa shape index (κ1) is 15.6. The molecular weight excluding hydrogens is 204 g/mol. The summed E-state index contributed by atoms with van der Waals surface area (Å²) in [7, 11) is 0. The first-order chi connectivity index (χ1) is 7.85. The molecule has 0 aromatic heterocycles. The summed E-state index contributed by atoms with van der Waals surface area (Å²) in [4.78, 5) is 0. The molecule has 0 saturated heterocycles. The average Bonchev–Trinajstić information content (AvgIpc) is 2.32. The number of allylic oxidation sites excluding steroid dienone is 1. The molecule has 0 aromatic rings. The van der Waals surface area contributed by atoms with Gasteiger partial charge in [-0.2, -0.15) is 0 Å². The predicted octanol–water partition coefficient (Wildman–Crippen LogP) is 2.27. The van der Waals surface area contributed by atoms with E-state index in [4.69, 9.17) is 14.9 Å². The van der Waals surface area contributed by atoms with Crippen LogP contribution in [0.25, 0.3) is 0 Å². The minimum atomic E-state index is -0.436. The zero-order valence-corrected chi connectivity index (χ0v) is 10.4. The van der Waals surface area contributed by atoms with Crippen molar-refractivity contribution in [3.8, 4) is 0 Å². The SMILES string of the molecule is CCCCCCC/C=C/COC(CO)CO. The van der Waals surface area contributed by atoms with Crippen LogP contribution in [0.15, 0.2) is 12.2 Å². The van der Waals surface area contributed by atoms with Crippen molar-refractivity contribution in [2.75, 3.05) is 19.8 Å². The second kappa shape index (κ2) is 12.7. The Bertz CT molecular complexity index is 153. The Hall–Kier alpha value is -0.380. The largest absolute Gasteiger partial charge is 0.394 e. The van der Waals surface area contributed by atoms with E-state index in [1.807, 2.05) is 6.08 Å². The van der Waals surface area contributed by atoms with Gasteiger partial charge in [0.25, 0.3) is 0 Å². The van der Waals surface area contributed by atoms with Crippen LogP contribution in [0.2, 0.25) is 0 Å². The molecule has 0 fully saturated rings. The molecule has 0 atom stereocenters. The summed E-state index contributed by atoms with van der Waals surface area (Å²) in [5.74, 6) is 0. The topological polar surface area (TPSA) is 49.7 Å². The number of hydrogen-bond donors (Lipinski definition) is 2. The lowest BCUT2D eigenvalue weighted by molar-refractivity contribution is -0.00722. The van der Waals surface area contributed by atoms with Crippen LogP contribution < -0.4 is 0 Å². The molecule has 96 valence electrons. The minimum Gasteiger partial charge on any atom is -0.394 e. The number of ether oxygens (including phenoxy) is 1. The summed E-state index contributed by atoms with van der Waals surface area (Å²) < 4.78 is 5.20. The smallest absolute Gasteiger partial charge is 0.104 e. The lowest BCUT2D eigenvalue weighted by Crippen LogP contribution is -2.21. The van der Waals surface area contributed by atoms with Gasteiger partial charge in [-0.15, -0.1) is 0 Å². The molecule has 0 aliphatic rings. The van der Waals surface area contributed by atoms with Gasteiger partial charge in [-0.05, 0) is 12.8 Å². The van der Waals surface area contributed by atoms with Gasteiger partial charge in [-0.1, -0.05) is 44.8 Å². The average molecular weight is 230 g/mol. The molecule has 0 radical (unpaired) electrons. The van der Waals surface area contributed by atoms with Gasteiger partial charge in [0, 0.05) is 0 Å². The lowest BCUT2D eigenvalue weighted by Gasteiger charge is -2.09. The Morgan fingerprint density at radius 2 is 1.69 bits per heavy atom. The van der Waals surface area contributed by atoms with Crippen LogP contribution in [0.4, 0.5) is 0 Å². The summed E-state index contributed by atoms with van der Waals surface area (Å²) in [5.41, 5.74) is 0. The first-order valence-electron chi connectivity index (χ1n) is 6.33. The van der Waals surface area contributed by atoms with E-state index in [-0.39, 0.29) is 13.2 Å². The molecule has 0 bridgehead atoms. The van der Waals surface area contributed by atoms with E-state index in [1.165, 1.54) is 32.1 Å². The molecule has 16 heavy (non-hydrogen) atoms. The van der Waals surface area contributed by atoms with E-state index in [2.05, 4.69) is 13.0 Å². The second-order valence-electron chi connectivity index (χ2n) is 3.99. The van der Waals surface area contributed by atoms with Crippen molar-refractivity contribution in [3.05, 3.63) is 12.2 Å². The number of aliphatic hydroxyl groups is 2. The lowest BCUT2D eigenvalue weighted by atomic mass is 10.1. The van der Waals surface area contributed by atoms with Gasteiger partial charge in [0.2, 0.25) is 0 Å². The van der Waals surface area contributed by atoms with Crippen LogP contribution in [0.3, 0.4) is 0 Å². The van der Waals surface area contributed by atoms with Gasteiger partial charge >= 0.3 is 0 Å². The fourth-order valence-corrected chi connectivity index (χ4v) is 1.41. The van der Waals surface area contributed by atoms with Crippen LogP contribution in [0.5, 0.6) is 0 Å². The highest BCUT2D eigenvalue weighted by molar-refractivity contribution is 4.81. The highest BCUT2D eigenvalue weighted by Crippen LogP contribution is 2.05. The van der Waals surface area contributed by atoms with Crippen molar-refractivity contribution in [1.29, 1.82) is 0 Å². The molecule has 0 rings (SSSR count). The fraction of sp³-hybridized carbons (Fsp3) is 0.846. The quantitative estimate of drug-likeness (QED) is 0.423. The van der Waals surface area contributed by atoms with Crippen molar-refractivity contribution in [2.45, 2.75) is 51.6 Å². The van der Waals surface area contributed by atoms with E-state index in [0.29, 0.717) is 6.61 Å². The molecule has 2 N–H and O–H groups in total. The van der Waals surface area contributed by atoms with E-state index >= 15 is 0 Å².